The molecule has 6 aliphatic rings. The molecule has 2 aliphatic carbocycles. The van der Waals surface area contributed by atoms with Crippen molar-refractivity contribution in [2.45, 2.75) is 154 Å². The molecule has 4 aliphatic heterocycles. The molecule has 2 spiro atoms. The Balaban J connectivity index is 0.000000169. The van der Waals surface area contributed by atoms with Crippen LogP contribution in [0, 0.1) is 18.2 Å². The predicted octanol–water partition coefficient (Wildman–Crippen LogP) is 13.1. The summed E-state index contributed by atoms with van der Waals surface area (Å²) in [5, 5.41) is 21.7. The SMILES string of the molecule is CC(C)(C)OC(=O)N[C@@H]1c2ccccc2CC12CCN(c1ccc3c(I)nn(C4CCCCO4)c3n1)CC2.CC(C)(C)OC(=O)N[C@@H]1c2ccccc2CC12CCNCC2.CF.Clc1ccc2c(I)nn(C3CCCCO3)c2n1.NF. The minimum atomic E-state index is -0.532. The number of carbonyl (C=O) groups excluding carboxylic acids is 2. The number of aromatic nitrogens is 6. The average molecular weight is 1360 g/mol. The van der Waals surface area contributed by atoms with Gasteiger partial charge in [0, 0.05) is 37.1 Å². The van der Waals surface area contributed by atoms with Crippen LogP contribution in [-0.4, -0.2) is 99.5 Å². The molecule has 4 fully saturated rings. The molecule has 17 nitrogen and oxygen atoms in total. The molecule has 4 aromatic heterocycles. The highest BCUT2D eigenvalue weighted by molar-refractivity contribution is 14.1. The summed E-state index contributed by atoms with van der Waals surface area (Å²) in [6.07, 6.45) is 11.9. The number of anilines is 1. The van der Waals surface area contributed by atoms with Crippen LogP contribution in [0.5, 0.6) is 0 Å². The van der Waals surface area contributed by atoms with E-state index in [1.807, 2.05) is 57.0 Å². The number of alkyl halides is 1. The number of ether oxygens (including phenoxy) is 4. The van der Waals surface area contributed by atoms with Crippen LogP contribution in [0.2, 0.25) is 5.15 Å². The fourth-order valence-electron chi connectivity index (χ4n) is 12.3. The van der Waals surface area contributed by atoms with Gasteiger partial charge in [-0.15, -0.1) is 4.48 Å². The lowest BCUT2D eigenvalue weighted by atomic mass is 9.72. The molecule has 6 aromatic rings. The molecule has 2 aromatic carbocycles. The molecule has 2 unspecified atom stereocenters. The maximum atomic E-state index is 12.9. The van der Waals surface area contributed by atoms with Crippen LogP contribution in [0.3, 0.4) is 0 Å². The molecule has 4 atom stereocenters. The van der Waals surface area contributed by atoms with Crippen LogP contribution >= 0.6 is 56.8 Å². The normalized spacial score (nSPS) is 21.6. The summed E-state index contributed by atoms with van der Waals surface area (Å²) in [5.74, 6) is 3.98. The van der Waals surface area contributed by atoms with E-state index in [0.29, 0.717) is 12.3 Å². The Bertz CT molecular complexity index is 3070. The first kappa shape index (κ1) is 62.5. The molecule has 440 valence electrons. The predicted molar refractivity (Wildman–Crippen MR) is 328 cm³/mol. The number of nitrogens with two attached hydrogens (primary N) is 1. The molecule has 0 bridgehead atoms. The lowest BCUT2D eigenvalue weighted by Crippen LogP contribution is -2.47. The summed E-state index contributed by atoms with van der Waals surface area (Å²) in [4.78, 5) is 37.0. The van der Waals surface area contributed by atoms with E-state index in [9.17, 15) is 14.0 Å². The fraction of sp³-hybridized carbons (Fsp3) is 0.559. The van der Waals surface area contributed by atoms with Crippen molar-refractivity contribution in [3.63, 3.8) is 0 Å². The number of rotatable bonds is 5. The highest BCUT2D eigenvalue weighted by Crippen LogP contribution is 2.53. The number of alkyl carbamates (subject to hydrolysis) is 2. The molecule has 81 heavy (non-hydrogen) atoms. The van der Waals surface area contributed by atoms with Gasteiger partial charge in [-0.2, -0.15) is 16.2 Å². The standard InChI is InChI=1S/C29H36IN5O3.C18H26N2O2.C11H11ClIN3O.CH3F.FH2N/c1-28(2,3)38-27(36)32-24-20-9-5-4-8-19(20)18-29(24)13-15-34(16-14-29)22-12-11-21-25(30)33-35(26(21)31-22)23-10-6-7-17-37-23;1-17(2,3)22-16(21)20-15-14-7-5-4-6-13(14)12-18(15)8-10-19-11-9-18;12-8-5-4-7-10(13)15-16(11(7)14-8)9-3-1-2-6-17-9;2*1-2/h4-5,8-9,11-12,23-24H,6-7,10,13-18H2,1-3H3,(H,32,36);4-7,15,19H,8-12H2,1-3H3,(H,20,21);4-5,9H,1-3,6H2;1H3;2H2/t23?,24-;15-;;;/m11.../s1. The smallest absolute Gasteiger partial charge is 0.408 e. The topological polar surface area (TPSA) is 198 Å². The first-order valence-corrected chi connectivity index (χ1v) is 30.6. The number of hydrogen-bond donors (Lipinski definition) is 4. The van der Waals surface area contributed by atoms with Gasteiger partial charge in [0.25, 0.3) is 0 Å². The minimum Gasteiger partial charge on any atom is -0.444 e. The van der Waals surface area contributed by atoms with Crippen LogP contribution in [0.1, 0.15) is 153 Å². The molecule has 0 saturated carbocycles. The summed E-state index contributed by atoms with van der Waals surface area (Å²) < 4.78 is 47.2. The summed E-state index contributed by atoms with van der Waals surface area (Å²) in [6.45, 7) is 16.8. The van der Waals surface area contributed by atoms with Gasteiger partial charge in [-0.05, 0) is 223 Å². The molecule has 2 amide bonds. The first-order chi connectivity index (χ1) is 38.9. The molecule has 4 saturated heterocycles. The molecule has 0 radical (unpaired) electrons. The Labute approximate surface area is 506 Å². The van der Waals surface area contributed by atoms with Gasteiger partial charge in [0.05, 0.1) is 30.0 Å². The highest BCUT2D eigenvalue weighted by Gasteiger charge is 2.50. The van der Waals surface area contributed by atoms with Crippen LogP contribution in [0.25, 0.3) is 22.1 Å². The van der Waals surface area contributed by atoms with E-state index >= 15 is 0 Å². The van der Waals surface area contributed by atoms with E-state index in [-0.39, 0.29) is 47.6 Å². The lowest BCUT2D eigenvalue weighted by molar-refractivity contribution is -0.0373. The Kier molecular flexibility index (Phi) is 21.2. The monoisotopic (exact) mass is 1360 g/mol. The zero-order valence-corrected chi connectivity index (χ0v) is 52.6. The Morgan fingerprint density at radius 1 is 0.667 bits per heavy atom. The summed E-state index contributed by atoms with van der Waals surface area (Å²) in [5.41, 5.74) is 5.98. The van der Waals surface area contributed by atoms with Gasteiger partial charge < -0.3 is 39.8 Å². The van der Waals surface area contributed by atoms with Gasteiger partial charge in [0.15, 0.2) is 23.8 Å². The Hall–Kier alpha value is -4.53. The van der Waals surface area contributed by atoms with E-state index in [2.05, 4.69) is 143 Å². The third-order valence-electron chi connectivity index (χ3n) is 15.9. The van der Waals surface area contributed by atoms with E-state index < -0.39 is 11.2 Å². The molecular formula is C59H78ClF2I2N11O6. The number of hydrogen-bond acceptors (Lipinski definition) is 13. The van der Waals surface area contributed by atoms with Gasteiger partial charge in [-0.3, -0.25) is 4.39 Å². The average Bonchev–Trinajstić information content (AvgIpc) is 4.16. The number of pyridine rings is 2. The molecule has 5 N–H and O–H groups in total. The fourth-order valence-corrected chi connectivity index (χ4v) is 13.7. The van der Waals surface area contributed by atoms with Crippen LogP contribution < -0.4 is 26.8 Å². The van der Waals surface area contributed by atoms with Crippen LogP contribution in [0.4, 0.5) is 24.3 Å². The molecular weight excluding hydrogens is 1290 g/mol. The number of nitrogens with zero attached hydrogens (tertiary/aromatic N) is 7. The summed E-state index contributed by atoms with van der Waals surface area (Å²) >= 11 is 10.5. The second kappa shape index (κ2) is 27.5. The quantitative estimate of drug-likeness (QED) is 0.0723. The number of halogens is 5. The van der Waals surface area contributed by atoms with Gasteiger partial charge in [-0.1, -0.05) is 60.1 Å². The van der Waals surface area contributed by atoms with Gasteiger partial charge in [0.1, 0.15) is 29.6 Å². The van der Waals surface area contributed by atoms with Crippen molar-refractivity contribution >= 4 is 96.9 Å². The number of nitrogens with one attached hydrogen (secondary N) is 3. The van der Waals surface area contributed by atoms with Gasteiger partial charge in [0.2, 0.25) is 0 Å². The zero-order valence-electron chi connectivity index (χ0n) is 47.5. The Morgan fingerprint density at radius 3 is 1.57 bits per heavy atom. The Morgan fingerprint density at radius 2 is 1.11 bits per heavy atom. The summed E-state index contributed by atoms with van der Waals surface area (Å²) in [7, 11) is 0.500. The lowest BCUT2D eigenvalue weighted by Gasteiger charge is -2.44. The van der Waals surface area contributed by atoms with Gasteiger partial charge >= 0.3 is 12.2 Å². The van der Waals surface area contributed by atoms with Crippen LogP contribution in [0.15, 0.2) is 72.8 Å². The van der Waals surface area contributed by atoms with Crippen molar-refractivity contribution in [1.29, 1.82) is 0 Å². The van der Waals surface area contributed by atoms with E-state index in [1.165, 1.54) is 28.7 Å². The van der Waals surface area contributed by atoms with E-state index in [1.54, 1.807) is 6.07 Å². The molecule has 22 heteroatoms. The third kappa shape index (κ3) is 14.9. The number of fused-ring (bicyclic) bond motifs is 4. The minimum absolute atomic E-state index is 0.000678. The van der Waals surface area contributed by atoms with Crippen molar-refractivity contribution in [2.24, 2.45) is 16.8 Å². The second-order valence-electron chi connectivity index (χ2n) is 23.5. The van der Waals surface area contributed by atoms with Crippen molar-refractivity contribution in [1.82, 2.24) is 45.5 Å². The van der Waals surface area contributed by atoms with Crippen molar-refractivity contribution in [3.05, 3.63) is 108 Å². The van der Waals surface area contributed by atoms with Gasteiger partial charge in [-0.25, -0.2) is 28.9 Å². The number of amides is 2. The third-order valence-corrected chi connectivity index (χ3v) is 17.7. The van der Waals surface area contributed by atoms with E-state index in [4.69, 9.17) is 45.1 Å². The largest absolute Gasteiger partial charge is 0.444 e. The zero-order chi connectivity index (χ0) is 58.1. The van der Waals surface area contributed by atoms with E-state index in [0.717, 1.165) is 145 Å². The number of benzene rings is 2. The van der Waals surface area contributed by atoms with Crippen LogP contribution in [-0.2, 0) is 31.8 Å². The second-order valence-corrected chi connectivity index (χ2v) is 26.0. The highest BCUT2D eigenvalue weighted by atomic mass is 127. The molecule has 12 rings (SSSR count). The maximum Gasteiger partial charge on any atom is 0.408 e. The van der Waals surface area contributed by atoms with Crippen molar-refractivity contribution in [2.75, 3.05) is 51.5 Å². The number of piperidine rings is 2. The summed E-state index contributed by atoms with van der Waals surface area (Å²) in [6, 6.07) is 25.0. The maximum absolute atomic E-state index is 12.9. The first-order valence-electron chi connectivity index (χ1n) is 28.1. The van der Waals surface area contributed by atoms with Crippen molar-refractivity contribution in [3.8, 4) is 0 Å². The number of carbonyl (C=O) groups is 2. The molecule has 8 heterocycles. The van der Waals surface area contributed by atoms with Crippen molar-refractivity contribution < 1.29 is 37.4 Å².